The third-order valence-electron chi connectivity index (χ3n) is 5.94. The van der Waals surface area contributed by atoms with Crippen LogP contribution in [0.2, 0.25) is 0 Å². The van der Waals surface area contributed by atoms with Crippen LogP contribution in [0, 0.1) is 5.92 Å². The number of carboxylic acids is 2. The van der Waals surface area contributed by atoms with Crippen molar-refractivity contribution in [2.75, 3.05) is 13.1 Å². The summed E-state index contributed by atoms with van der Waals surface area (Å²) < 4.78 is 0. The van der Waals surface area contributed by atoms with Gasteiger partial charge < -0.3 is 54.8 Å². The summed E-state index contributed by atoms with van der Waals surface area (Å²) in [4.78, 5) is 69.2. The molecular formula is C23H44N10O7. The van der Waals surface area contributed by atoms with Gasteiger partial charge in [-0.2, -0.15) is 0 Å². The van der Waals surface area contributed by atoms with Crippen LogP contribution in [0.3, 0.4) is 0 Å². The number of carbonyl (C=O) groups excluding carboxylic acids is 3. The summed E-state index contributed by atoms with van der Waals surface area (Å²) in [5.74, 6) is -5.45. The average Bonchev–Trinajstić information content (AvgIpc) is 2.87. The molecule has 0 radical (unpaired) electrons. The molecule has 3 amide bonds. The maximum absolute atomic E-state index is 13.2. The Bertz CT molecular complexity index is 920. The van der Waals surface area contributed by atoms with E-state index in [2.05, 4.69) is 25.9 Å². The van der Waals surface area contributed by atoms with Gasteiger partial charge in [0.1, 0.15) is 18.1 Å². The fourth-order valence-electron chi connectivity index (χ4n) is 3.44. The van der Waals surface area contributed by atoms with E-state index in [-0.39, 0.29) is 56.6 Å². The molecular weight excluding hydrogens is 528 g/mol. The van der Waals surface area contributed by atoms with Crippen molar-refractivity contribution in [3.8, 4) is 0 Å². The minimum atomic E-state index is -1.39. The zero-order valence-corrected chi connectivity index (χ0v) is 23.0. The number of carboxylic acid groups (broad SMARTS) is 2. The second-order valence-corrected chi connectivity index (χ2v) is 9.27. The highest BCUT2D eigenvalue weighted by Gasteiger charge is 2.32. The number of hydrogen-bond acceptors (Lipinski definition) is 8. The molecule has 40 heavy (non-hydrogen) atoms. The predicted octanol–water partition coefficient (Wildman–Crippen LogP) is -3.13. The molecule has 0 saturated heterocycles. The van der Waals surface area contributed by atoms with Crippen LogP contribution in [-0.4, -0.2) is 89.0 Å². The van der Waals surface area contributed by atoms with Crippen molar-refractivity contribution in [3.63, 3.8) is 0 Å². The highest BCUT2D eigenvalue weighted by Crippen LogP contribution is 2.11. The lowest BCUT2D eigenvalue weighted by Crippen LogP contribution is -2.58. The minimum absolute atomic E-state index is 0.0237. The van der Waals surface area contributed by atoms with Gasteiger partial charge >= 0.3 is 11.9 Å². The SMILES string of the molecule is CCC(C)C(NC(=O)C(N)CCCN=C(N)N)C(=O)NC(CCC(=O)O)C(=O)NC(CCCN=C(N)N)C(=O)O. The van der Waals surface area contributed by atoms with Crippen molar-refractivity contribution in [1.82, 2.24) is 16.0 Å². The molecule has 0 rings (SSSR count). The minimum Gasteiger partial charge on any atom is -0.481 e. The smallest absolute Gasteiger partial charge is 0.326 e. The van der Waals surface area contributed by atoms with E-state index >= 15 is 0 Å². The number of nitrogens with zero attached hydrogens (tertiary/aromatic N) is 2. The van der Waals surface area contributed by atoms with E-state index in [0.717, 1.165) is 0 Å². The van der Waals surface area contributed by atoms with Crippen molar-refractivity contribution in [2.45, 2.75) is 83.0 Å². The molecule has 0 aromatic rings. The number of rotatable bonds is 20. The lowest BCUT2D eigenvalue weighted by molar-refractivity contribution is -0.143. The Labute approximate surface area is 232 Å². The number of guanidine groups is 2. The summed E-state index contributed by atoms with van der Waals surface area (Å²) >= 11 is 0. The summed E-state index contributed by atoms with van der Waals surface area (Å²) in [5.41, 5.74) is 27.0. The maximum atomic E-state index is 13.2. The summed E-state index contributed by atoms with van der Waals surface area (Å²) in [6.45, 7) is 3.90. The molecule has 0 heterocycles. The summed E-state index contributed by atoms with van der Waals surface area (Å²) in [7, 11) is 0. The van der Waals surface area contributed by atoms with Crippen LogP contribution < -0.4 is 44.6 Å². The zero-order valence-electron chi connectivity index (χ0n) is 23.0. The zero-order chi connectivity index (χ0) is 30.8. The van der Waals surface area contributed by atoms with Gasteiger partial charge in [-0.3, -0.25) is 29.2 Å². The molecule has 228 valence electrons. The van der Waals surface area contributed by atoms with Gasteiger partial charge in [0.2, 0.25) is 17.7 Å². The lowest BCUT2D eigenvalue weighted by atomic mass is 9.96. The highest BCUT2D eigenvalue weighted by molar-refractivity contribution is 5.94. The van der Waals surface area contributed by atoms with E-state index in [1.807, 2.05) is 0 Å². The Hall–Kier alpha value is -4.15. The molecule has 0 bridgehead atoms. The quantitative estimate of drug-likeness (QED) is 0.0393. The van der Waals surface area contributed by atoms with E-state index in [0.29, 0.717) is 12.8 Å². The normalized spacial score (nSPS) is 14.4. The van der Waals surface area contributed by atoms with Gasteiger partial charge in [0.25, 0.3) is 0 Å². The third-order valence-corrected chi connectivity index (χ3v) is 5.94. The molecule has 0 saturated carbocycles. The summed E-state index contributed by atoms with van der Waals surface area (Å²) in [6, 6.07) is -4.79. The van der Waals surface area contributed by atoms with E-state index < -0.39 is 60.2 Å². The molecule has 17 nitrogen and oxygen atoms in total. The molecule has 0 spiro atoms. The van der Waals surface area contributed by atoms with Crippen molar-refractivity contribution >= 4 is 41.6 Å². The Kier molecular flexibility index (Phi) is 17.0. The number of amides is 3. The fourth-order valence-corrected chi connectivity index (χ4v) is 3.44. The van der Waals surface area contributed by atoms with E-state index in [9.17, 15) is 29.1 Å². The number of hydrogen-bond donors (Lipinski definition) is 10. The van der Waals surface area contributed by atoms with Gasteiger partial charge in [0, 0.05) is 19.5 Å². The lowest BCUT2D eigenvalue weighted by Gasteiger charge is -2.28. The van der Waals surface area contributed by atoms with E-state index in [1.54, 1.807) is 13.8 Å². The Morgan fingerprint density at radius 2 is 1.27 bits per heavy atom. The highest BCUT2D eigenvalue weighted by atomic mass is 16.4. The molecule has 0 aromatic heterocycles. The van der Waals surface area contributed by atoms with Crippen LogP contribution in [0.15, 0.2) is 9.98 Å². The average molecular weight is 573 g/mol. The molecule has 0 aromatic carbocycles. The fraction of sp³-hybridized carbons (Fsp3) is 0.696. The standard InChI is InChI=1S/C23H44N10O7/c1-3-12(2)17(33-18(36)13(24)6-4-10-29-22(25)26)20(38)31-14(8-9-16(34)35)19(37)32-15(21(39)40)7-5-11-30-23(27)28/h12-15,17H,3-11,24H2,1-2H3,(H,31,38)(H,32,37)(H,33,36)(H,34,35)(H,39,40)(H4,25,26,29)(H4,27,28,30). The maximum Gasteiger partial charge on any atom is 0.326 e. The molecule has 0 aliphatic heterocycles. The number of aliphatic imine (C=N–C) groups is 2. The Morgan fingerprint density at radius 1 is 0.750 bits per heavy atom. The molecule has 0 fully saturated rings. The van der Waals surface area contributed by atoms with Crippen LogP contribution in [0.25, 0.3) is 0 Å². The number of carbonyl (C=O) groups is 5. The van der Waals surface area contributed by atoms with Crippen LogP contribution >= 0.6 is 0 Å². The van der Waals surface area contributed by atoms with Gasteiger partial charge in [0.15, 0.2) is 11.9 Å². The van der Waals surface area contributed by atoms with Crippen molar-refractivity contribution in [3.05, 3.63) is 0 Å². The first-order valence-electron chi connectivity index (χ1n) is 12.9. The first-order chi connectivity index (χ1) is 18.7. The Morgan fingerprint density at radius 3 is 1.75 bits per heavy atom. The number of nitrogens with two attached hydrogens (primary N) is 5. The molecule has 0 aliphatic carbocycles. The third kappa shape index (κ3) is 15.3. The van der Waals surface area contributed by atoms with Gasteiger partial charge in [-0.1, -0.05) is 20.3 Å². The topological polar surface area (TPSA) is 317 Å². The molecule has 5 atom stereocenters. The van der Waals surface area contributed by atoms with Gasteiger partial charge in [-0.25, -0.2) is 4.79 Å². The van der Waals surface area contributed by atoms with E-state index in [1.165, 1.54) is 0 Å². The van der Waals surface area contributed by atoms with Crippen LogP contribution in [0.4, 0.5) is 0 Å². The summed E-state index contributed by atoms with van der Waals surface area (Å²) in [6.07, 6.45) is 0.530. The van der Waals surface area contributed by atoms with Gasteiger partial charge in [-0.05, 0) is 38.0 Å². The van der Waals surface area contributed by atoms with Crippen LogP contribution in [0.1, 0.15) is 58.8 Å². The van der Waals surface area contributed by atoms with Crippen molar-refractivity contribution < 1.29 is 34.2 Å². The van der Waals surface area contributed by atoms with E-state index in [4.69, 9.17) is 33.8 Å². The first-order valence-corrected chi connectivity index (χ1v) is 12.9. The molecule has 17 heteroatoms. The van der Waals surface area contributed by atoms with Crippen molar-refractivity contribution in [1.29, 1.82) is 0 Å². The van der Waals surface area contributed by atoms with Crippen LogP contribution in [0.5, 0.6) is 0 Å². The molecule has 0 aliphatic rings. The van der Waals surface area contributed by atoms with Crippen LogP contribution in [-0.2, 0) is 24.0 Å². The molecule has 5 unspecified atom stereocenters. The van der Waals surface area contributed by atoms with Gasteiger partial charge in [-0.15, -0.1) is 0 Å². The molecule has 15 N–H and O–H groups in total. The largest absolute Gasteiger partial charge is 0.481 e. The number of aliphatic carboxylic acids is 2. The monoisotopic (exact) mass is 572 g/mol. The second kappa shape index (κ2) is 19.0. The summed E-state index contributed by atoms with van der Waals surface area (Å²) in [5, 5.41) is 26.0. The predicted molar refractivity (Wildman–Crippen MR) is 148 cm³/mol. The first kappa shape index (κ1) is 35.9. The number of nitrogens with one attached hydrogen (secondary N) is 3. The second-order valence-electron chi connectivity index (χ2n) is 9.27. The van der Waals surface area contributed by atoms with Gasteiger partial charge in [0.05, 0.1) is 6.04 Å². The Balaban J connectivity index is 5.53. The van der Waals surface area contributed by atoms with Crippen molar-refractivity contribution in [2.24, 2.45) is 44.6 Å².